The van der Waals surface area contributed by atoms with E-state index in [2.05, 4.69) is 11.8 Å². The van der Waals surface area contributed by atoms with Crippen molar-refractivity contribution in [2.45, 2.75) is 38.1 Å². The number of nitrogens with zero attached hydrogens (tertiary/aromatic N) is 1. The maximum absolute atomic E-state index is 13.5. The first-order valence-corrected chi connectivity index (χ1v) is 7.02. The van der Waals surface area contributed by atoms with E-state index in [4.69, 9.17) is 10.5 Å². The van der Waals surface area contributed by atoms with Crippen molar-refractivity contribution in [2.75, 3.05) is 19.8 Å². The molecule has 0 radical (unpaired) electrons. The Hall–Kier alpha value is -1.01. The van der Waals surface area contributed by atoms with Crippen LogP contribution in [0.15, 0.2) is 24.3 Å². The zero-order valence-electron chi connectivity index (χ0n) is 12.0. The molecule has 0 amide bonds. The van der Waals surface area contributed by atoms with Crippen LogP contribution in [0.5, 0.6) is 0 Å². The van der Waals surface area contributed by atoms with Crippen LogP contribution in [0.4, 0.5) is 4.39 Å². The van der Waals surface area contributed by atoms with Crippen molar-refractivity contribution in [1.29, 1.82) is 0 Å². The Morgan fingerprint density at radius 2 is 2.30 bits per heavy atom. The van der Waals surface area contributed by atoms with Gasteiger partial charge in [0.1, 0.15) is 5.82 Å². The van der Waals surface area contributed by atoms with Crippen LogP contribution in [0.25, 0.3) is 0 Å². The lowest BCUT2D eigenvalue weighted by Gasteiger charge is -2.44. The van der Waals surface area contributed by atoms with E-state index in [9.17, 15) is 9.50 Å². The third-order valence-corrected chi connectivity index (χ3v) is 3.80. The lowest BCUT2D eigenvalue weighted by atomic mass is 9.96. The highest BCUT2D eigenvalue weighted by molar-refractivity contribution is 5.22. The van der Waals surface area contributed by atoms with Gasteiger partial charge in [-0.05, 0) is 31.5 Å². The molecule has 4 nitrogen and oxygen atoms in total. The van der Waals surface area contributed by atoms with Crippen LogP contribution in [-0.2, 0) is 4.74 Å². The molecule has 0 saturated carbocycles. The van der Waals surface area contributed by atoms with Gasteiger partial charge >= 0.3 is 0 Å². The SMILES string of the molecule is CC(N)C(c1cccc(F)c1)N1CC(CO)OCC1C. The summed E-state index contributed by atoms with van der Waals surface area (Å²) in [6.07, 6.45) is -0.207. The molecule has 1 saturated heterocycles. The summed E-state index contributed by atoms with van der Waals surface area (Å²) in [7, 11) is 0. The number of halogens is 1. The first-order chi connectivity index (χ1) is 9.52. The van der Waals surface area contributed by atoms with Crippen molar-refractivity contribution in [2.24, 2.45) is 5.73 Å². The van der Waals surface area contributed by atoms with E-state index >= 15 is 0 Å². The quantitative estimate of drug-likeness (QED) is 0.874. The van der Waals surface area contributed by atoms with Gasteiger partial charge in [-0.2, -0.15) is 0 Å². The summed E-state index contributed by atoms with van der Waals surface area (Å²) in [5, 5.41) is 9.29. The van der Waals surface area contributed by atoms with Crippen LogP contribution in [0.3, 0.4) is 0 Å². The van der Waals surface area contributed by atoms with Gasteiger partial charge in [-0.1, -0.05) is 12.1 Å². The summed E-state index contributed by atoms with van der Waals surface area (Å²) in [5.74, 6) is -0.257. The Kier molecular flexibility index (Phi) is 5.10. The molecule has 4 unspecified atom stereocenters. The van der Waals surface area contributed by atoms with Crippen molar-refractivity contribution in [3.8, 4) is 0 Å². The van der Waals surface area contributed by atoms with Crippen LogP contribution in [0.1, 0.15) is 25.5 Å². The Labute approximate surface area is 119 Å². The summed E-state index contributed by atoms with van der Waals surface area (Å²) >= 11 is 0. The number of hydrogen-bond acceptors (Lipinski definition) is 4. The maximum Gasteiger partial charge on any atom is 0.123 e. The molecule has 1 heterocycles. The van der Waals surface area contributed by atoms with Gasteiger partial charge in [-0.3, -0.25) is 4.90 Å². The second kappa shape index (κ2) is 6.63. The first kappa shape index (κ1) is 15.4. The summed E-state index contributed by atoms with van der Waals surface area (Å²) in [5.41, 5.74) is 7.00. The average molecular weight is 282 g/mol. The molecule has 1 aliphatic rings. The number of nitrogens with two attached hydrogens (primary N) is 1. The first-order valence-electron chi connectivity index (χ1n) is 7.02. The molecule has 1 aromatic carbocycles. The second-order valence-electron chi connectivity index (χ2n) is 5.54. The Bertz CT molecular complexity index is 442. The van der Waals surface area contributed by atoms with Gasteiger partial charge in [0.15, 0.2) is 0 Å². The van der Waals surface area contributed by atoms with Crippen LogP contribution < -0.4 is 5.73 Å². The zero-order chi connectivity index (χ0) is 14.7. The molecule has 20 heavy (non-hydrogen) atoms. The van der Waals surface area contributed by atoms with Gasteiger partial charge in [-0.25, -0.2) is 4.39 Å². The van der Waals surface area contributed by atoms with E-state index in [1.165, 1.54) is 12.1 Å². The monoisotopic (exact) mass is 282 g/mol. The largest absolute Gasteiger partial charge is 0.394 e. The summed E-state index contributed by atoms with van der Waals surface area (Å²) in [4.78, 5) is 2.20. The zero-order valence-corrected chi connectivity index (χ0v) is 12.0. The lowest BCUT2D eigenvalue weighted by molar-refractivity contribution is -0.0941. The number of hydrogen-bond donors (Lipinski definition) is 2. The molecule has 0 spiro atoms. The molecule has 1 fully saturated rings. The summed E-state index contributed by atoms with van der Waals surface area (Å²) in [6, 6.07) is 6.51. The smallest absolute Gasteiger partial charge is 0.123 e. The fourth-order valence-electron chi connectivity index (χ4n) is 2.82. The van der Waals surface area contributed by atoms with E-state index in [1.807, 2.05) is 13.0 Å². The van der Waals surface area contributed by atoms with Gasteiger partial charge in [-0.15, -0.1) is 0 Å². The number of rotatable bonds is 4. The molecular weight excluding hydrogens is 259 g/mol. The van der Waals surface area contributed by atoms with E-state index in [0.29, 0.717) is 13.2 Å². The highest BCUT2D eigenvalue weighted by atomic mass is 19.1. The van der Waals surface area contributed by atoms with Crippen LogP contribution in [0.2, 0.25) is 0 Å². The molecule has 112 valence electrons. The Morgan fingerprint density at radius 1 is 1.55 bits per heavy atom. The number of benzene rings is 1. The van der Waals surface area contributed by atoms with Crippen molar-refractivity contribution in [3.63, 3.8) is 0 Å². The molecular formula is C15H23FN2O2. The van der Waals surface area contributed by atoms with Gasteiger partial charge in [0, 0.05) is 18.6 Å². The predicted molar refractivity (Wildman–Crippen MR) is 75.8 cm³/mol. The number of morpholine rings is 1. The minimum Gasteiger partial charge on any atom is -0.394 e. The highest BCUT2D eigenvalue weighted by Crippen LogP contribution is 2.28. The molecule has 1 aliphatic heterocycles. The summed E-state index contributed by atoms with van der Waals surface area (Å²) in [6.45, 7) is 5.11. The van der Waals surface area contributed by atoms with E-state index in [-0.39, 0.29) is 36.7 Å². The Balaban J connectivity index is 2.27. The minimum absolute atomic E-state index is 0.0158. The van der Waals surface area contributed by atoms with Crippen molar-refractivity contribution >= 4 is 0 Å². The van der Waals surface area contributed by atoms with Crippen LogP contribution >= 0.6 is 0 Å². The molecule has 3 N–H and O–H groups in total. The number of ether oxygens (including phenoxy) is 1. The highest BCUT2D eigenvalue weighted by Gasteiger charge is 2.33. The topological polar surface area (TPSA) is 58.7 Å². The standard InChI is InChI=1S/C15H23FN2O2/c1-10-9-20-14(8-19)7-18(10)15(11(2)17)12-4-3-5-13(16)6-12/h3-6,10-11,14-15,19H,7-9,17H2,1-2H3. The Morgan fingerprint density at radius 3 is 2.90 bits per heavy atom. The van der Waals surface area contributed by atoms with Crippen molar-refractivity contribution in [3.05, 3.63) is 35.6 Å². The number of aliphatic hydroxyl groups excluding tert-OH is 1. The molecule has 4 atom stereocenters. The van der Waals surface area contributed by atoms with E-state index in [0.717, 1.165) is 5.56 Å². The average Bonchev–Trinajstić information content (AvgIpc) is 2.41. The number of aliphatic hydroxyl groups is 1. The van der Waals surface area contributed by atoms with E-state index in [1.54, 1.807) is 6.07 Å². The predicted octanol–water partition coefficient (Wildman–Crippen LogP) is 1.30. The minimum atomic E-state index is -0.257. The molecule has 0 bridgehead atoms. The second-order valence-corrected chi connectivity index (χ2v) is 5.54. The molecule has 0 aliphatic carbocycles. The van der Waals surface area contributed by atoms with Crippen molar-refractivity contribution in [1.82, 2.24) is 4.90 Å². The van der Waals surface area contributed by atoms with Crippen LogP contribution in [0, 0.1) is 5.82 Å². The molecule has 0 aromatic heterocycles. The third kappa shape index (κ3) is 3.35. The van der Waals surface area contributed by atoms with E-state index < -0.39 is 0 Å². The lowest BCUT2D eigenvalue weighted by Crippen LogP contribution is -2.54. The molecule has 1 aromatic rings. The maximum atomic E-state index is 13.5. The van der Waals surface area contributed by atoms with Gasteiger partial charge in [0.25, 0.3) is 0 Å². The fraction of sp³-hybridized carbons (Fsp3) is 0.600. The fourth-order valence-corrected chi connectivity index (χ4v) is 2.82. The van der Waals surface area contributed by atoms with Crippen molar-refractivity contribution < 1.29 is 14.2 Å². The molecule has 5 heteroatoms. The van der Waals surface area contributed by atoms with Gasteiger partial charge in [0.05, 0.1) is 25.4 Å². The molecule has 2 rings (SSSR count). The van der Waals surface area contributed by atoms with Gasteiger partial charge in [0.2, 0.25) is 0 Å². The van der Waals surface area contributed by atoms with Gasteiger partial charge < -0.3 is 15.6 Å². The summed E-state index contributed by atoms with van der Waals surface area (Å²) < 4.78 is 19.0. The third-order valence-electron chi connectivity index (χ3n) is 3.80. The normalized spacial score (nSPS) is 27.2. The van der Waals surface area contributed by atoms with Crippen LogP contribution in [-0.4, -0.2) is 48.0 Å².